The number of nitrogens with one attached hydrogen (secondary N) is 2. The van der Waals surface area contributed by atoms with E-state index in [0.717, 1.165) is 45.2 Å². The van der Waals surface area contributed by atoms with Crippen molar-refractivity contribution in [1.29, 1.82) is 0 Å². The Morgan fingerprint density at radius 2 is 2.05 bits per heavy atom. The molecular formula is C15H26N2O4. The van der Waals surface area contributed by atoms with Crippen molar-refractivity contribution in [3.05, 3.63) is 0 Å². The van der Waals surface area contributed by atoms with E-state index in [1.54, 1.807) is 7.11 Å². The second kappa shape index (κ2) is 7.22. The molecule has 1 heterocycles. The fraction of sp³-hybridized carbons (Fsp3) is 0.867. The molecule has 1 saturated heterocycles. The summed E-state index contributed by atoms with van der Waals surface area (Å²) in [5.41, 5.74) is -0.462. The van der Waals surface area contributed by atoms with E-state index in [0.29, 0.717) is 13.0 Å². The van der Waals surface area contributed by atoms with Gasteiger partial charge < -0.3 is 20.5 Å². The fourth-order valence-corrected chi connectivity index (χ4v) is 3.50. The number of carbonyl (C=O) groups is 2. The fourth-order valence-electron chi connectivity index (χ4n) is 3.50. The SMILES string of the molecule is COCC1(C(=O)NC2CCCC(C(=O)O)C2)CCNCC1. The van der Waals surface area contributed by atoms with Crippen LogP contribution in [0.3, 0.4) is 0 Å². The number of carboxylic acids is 1. The number of hydrogen-bond acceptors (Lipinski definition) is 4. The van der Waals surface area contributed by atoms with Crippen molar-refractivity contribution in [3.8, 4) is 0 Å². The summed E-state index contributed by atoms with van der Waals surface area (Å²) in [6.45, 7) is 2.06. The van der Waals surface area contributed by atoms with Crippen LogP contribution in [0.5, 0.6) is 0 Å². The molecule has 2 aliphatic rings. The molecule has 2 rings (SSSR count). The summed E-state index contributed by atoms with van der Waals surface area (Å²) in [7, 11) is 1.62. The number of carboxylic acid groups (broad SMARTS) is 1. The van der Waals surface area contributed by atoms with E-state index >= 15 is 0 Å². The quantitative estimate of drug-likeness (QED) is 0.697. The summed E-state index contributed by atoms with van der Waals surface area (Å²) < 4.78 is 5.27. The zero-order valence-corrected chi connectivity index (χ0v) is 12.7. The van der Waals surface area contributed by atoms with Gasteiger partial charge in [0.2, 0.25) is 5.91 Å². The molecule has 3 N–H and O–H groups in total. The minimum absolute atomic E-state index is 0.0176. The van der Waals surface area contributed by atoms with Gasteiger partial charge in [0, 0.05) is 13.2 Å². The summed E-state index contributed by atoms with van der Waals surface area (Å²) >= 11 is 0. The van der Waals surface area contributed by atoms with Crippen LogP contribution >= 0.6 is 0 Å². The second-order valence-electron chi connectivity index (χ2n) is 6.34. The van der Waals surface area contributed by atoms with Crippen molar-refractivity contribution in [2.24, 2.45) is 11.3 Å². The van der Waals surface area contributed by atoms with Gasteiger partial charge in [0.25, 0.3) is 0 Å². The van der Waals surface area contributed by atoms with Crippen LogP contribution in [0.4, 0.5) is 0 Å². The lowest BCUT2D eigenvalue weighted by atomic mass is 9.77. The molecule has 2 fully saturated rings. The number of carbonyl (C=O) groups excluding carboxylic acids is 1. The molecule has 0 aromatic rings. The normalized spacial score (nSPS) is 28.8. The Balaban J connectivity index is 1.96. The third-order valence-electron chi connectivity index (χ3n) is 4.82. The standard InChI is InChI=1S/C15H26N2O4/c1-21-10-15(5-7-16-8-6-15)14(20)17-12-4-2-3-11(9-12)13(18)19/h11-12,16H,2-10H2,1H3,(H,17,20)(H,18,19). The minimum Gasteiger partial charge on any atom is -0.481 e. The van der Waals surface area contributed by atoms with Gasteiger partial charge in [0.05, 0.1) is 17.9 Å². The number of hydrogen-bond donors (Lipinski definition) is 3. The van der Waals surface area contributed by atoms with Crippen molar-refractivity contribution < 1.29 is 19.4 Å². The topological polar surface area (TPSA) is 87.7 Å². The first-order valence-corrected chi connectivity index (χ1v) is 7.81. The Bertz CT molecular complexity index is 374. The molecule has 120 valence electrons. The van der Waals surface area contributed by atoms with Crippen molar-refractivity contribution in [2.45, 2.75) is 44.6 Å². The van der Waals surface area contributed by atoms with E-state index < -0.39 is 11.4 Å². The van der Waals surface area contributed by atoms with Crippen LogP contribution in [-0.2, 0) is 14.3 Å². The number of amides is 1. The number of aliphatic carboxylic acids is 1. The van der Waals surface area contributed by atoms with Crippen LogP contribution in [0, 0.1) is 11.3 Å². The van der Waals surface area contributed by atoms with Gasteiger partial charge >= 0.3 is 5.97 Å². The van der Waals surface area contributed by atoms with Crippen LogP contribution in [0.25, 0.3) is 0 Å². The van der Waals surface area contributed by atoms with Gasteiger partial charge in [-0.05, 0) is 45.2 Å². The molecule has 1 aliphatic carbocycles. The molecule has 1 aliphatic heterocycles. The highest BCUT2D eigenvalue weighted by atomic mass is 16.5. The second-order valence-corrected chi connectivity index (χ2v) is 6.34. The lowest BCUT2D eigenvalue weighted by Gasteiger charge is -2.38. The Kier molecular flexibility index (Phi) is 5.58. The van der Waals surface area contributed by atoms with Crippen LogP contribution in [-0.4, -0.2) is 49.8 Å². The number of piperidine rings is 1. The number of ether oxygens (including phenoxy) is 1. The lowest BCUT2D eigenvalue weighted by molar-refractivity contribution is -0.144. The maximum atomic E-state index is 12.7. The molecule has 2 atom stereocenters. The number of methoxy groups -OCH3 is 1. The van der Waals surface area contributed by atoms with Gasteiger partial charge in [-0.3, -0.25) is 9.59 Å². The van der Waals surface area contributed by atoms with E-state index in [-0.39, 0.29) is 17.9 Å². The van der Waals surface area contributed by atoms with Crippen LogP contribution in [0.2, 0.25) is 0 Å². The predicted molar refractivity (Wildman–Crippen MR) is 77.9 cm³/mol. The summed E-state index contributed by atoms with van der Waals surface area (Å²) in [5.74, 6) is -1.04. The van der Waals surface area contributed by atoms with Crippen molar-refractivity contribution >= 4 is 11.9 Å². The molecule has 0 bridgehead atoms. The van der Waals surface area contributed by atoms with Crippen LogP contribution in [0.15, 0.2) is 0 Å². The molecule has 6 nitrogen and oxygen atoms in total. The van der Waals surface area contributed by atoms with E-state index in [4.69, 9.17) is 9.84 Å². The molecule has 0 aromatic carbocycles. The first-order chi connectivity index (χ1) is 10.1. The minimum atomic E-state index is -0.748. The van der Waals surface area contributed by atoms with Crippen molar-refractivity contribution in [1.82, 2.24) is 10.6 Å². The van der Waals surface area contributed by atoms with E-state index in [1.165, 1.54) is 0 Å². The molecule has 0 radical (unpaired) electrons. The highest BCUT2D eigenvalue weighted by Crippen LogP contribution is 2.31. The Hall–Kier alpha value is -1.14. The molecular weight excluding hydrogens is 272 g/mol. The predicted octanol–water partition coefficient (Wildman–Crippen LogP) is 0.762. The maximum absolute atomic E-state index is 12.7. The molecule has 0 spiro atoms. The largest absolute Gasteiger partial charge is 0.481 e. The average Bonchev–Trinajstić information content (AvgIpc) is 2.48. The lowest BCUT2D eigenvalue weighted by Crippen LogP contribution is -2.53. The van der Waals surface area contributed by atoms with E-state index in [2.05, 4.69) is 10.6 Å². The first kappa shape index (κ1) is 16.2. The Morgan fingerprint density at radius 3 is 2.67 bits per heavy atom. The zero-order valence-electron chi connectivity index (χ0n) is 12.7. The van der Waals surface area contributed by atoms with Gasteiger partial charge in [-0.25, -0.2) is 0 Å². The third-order valence-corrected chi connectivity index (χ3v) is 4.82. The monoisotopic (exact) mass is 298 g/mol. The molecule has 1 amide bonds. The van der Waals surface area contributed by atoms with Crippen LogP contribution < -0.4 is 10.6 Å². The van der Waals surface area contributed by atoms with Crippen LogP contribution in [0.1, 0.15) is 38.5 Å². The summed E-state index contributed by atoms with van der Waals surface area (Å²) in [4.78, 5) is 23.8. The zero-order chi connectivity index (χ0) is 15.3. The van der Waals surface area contributed by atoms with Gasteiger partial charge in [-0.2, -0.15) is 0 Å². The van der Waals surface area contributed by atoms with Gasteiger partial charge in [-0.15, -0.1) is 0 Å². The third kappa shape index (κ3) is 3.95. The first-order valence-electron chi connectivity index (χ1n) is 7.81. The summed E-state index contributed by atoms with van der Waals surface area (Å²) in [5, 5.41) is 15.5. The highest BCUT2D eigenvalue weighted by Gasteiger charge is 2.41. The smallest absolute Gasteiger partial charge is 0.306 e. The Morgan fingerprint density at radius 1 is 1.33 bits per heavy atom. The van der Waals surface area contributed by atoms with Gasteiger partial charge in [-0.1, -0.05) is 6.42 Å². The molecule has 1 saturated carbocycles. The molecule has 0 aromatic heterocycles. The summed E-state index contributed by atoms with van der Waals surface area (Å²) in [6, 6.07) is -0.0176. The van der Waals surface area contributed by atoms with E-state index in [9.17, 15) is 9.59 Å². The van der Waals surface area contributed by atoms with Gasteiger partial charge in [0.1, 0.15) is 0 Å². The number of rotatable bonds is 5. The summed E-state index contributed by atoms with van der Waals surface area (Å²) in [6.07, 6.45) is 4.53. The molecule has 2 unspecified atom stereocenters. The van der Waals surface area contributed by atoms with Gasteiger partial charge in [0.15, 0.2) is 0 Å². The Labute approximate surface area is 125 Å². The molecule has 6 heteroatoms. The van der Waals surface area contributed by atoms with Crippen molar-refractivity contribution in [2.75, 3.05) is 26.8 Å². The highest BCUT2D eigenvalue weighted by molar-refractivity contribution is 5.83. The average molecular weight is 298 g/mol. The van der Waals surface area contributed by atoms with Crippen molar-refractivity contribution in [3.63, 3.8) is 0 Å². The maximum Gasteiger partial charge on any atom is 0.306 e. The molecule has 21 heavy (non-hydrogen) atoms. The van der Waals surface area contributed by atoms with E-state index in [1.807, 2.05) is 0 Å².